The average molecular weight is 290 g/mol. The largest absolute Gasteiger partial charge is 0.382 e. The molecule has 0 aliphatic rings. The molecule has 3 aromatic rings. The minimum Gasteiger partial charge on any atom is -0.382 e. The number of nitrogen functional groups attached to an aromatic ring is 1. The van der Waals surface area contributed by atoms with Crippen LogP contribution >= 0.6 is 22.9 Å². The molecule has 3 rings (SSSR count). The predicted molar refractivity (Wildman–Crippen MR) is 81.5 cm³/mol. The summed E-state index contributed by atoms with van der Waals surface area (Å²) in [7, 11) is 0. The summed E-state index contributed by atoms with van der Waals surface area (Å²) in [6, 6.07) is 9.73. The molecule has 3 N–H and O–H groups in total. The molecule has 0 amide bonds. The average Bonchev–Trinajstić information content (AvgIpc) is 2.96. The lowest BCUT2D eigenvalue weighted by atomic mass is 10.0. The highest BCUT2D eigenvalue weighted by Crippen LogP contribution is 2.40. The van der Waals surface area contributed by atoms with Crippen LogP contribution in [0.15, 0.2) is 35.7 Å². The monoisotopic (exact) mass is 289 g/mol. The second-order valence-corrected chi connectivity index (χ2v) is 5.59. The third kappa shape index (κ3) is 2.03. The maximum atomic E-state index is 6.27. The molecule has 0 saturated carbocycles. The standard InChI is InChI=1S/C14H12ClN3S/c1-8-6-7-19-13(8)12-11(14(16)18-17-12)9-4-2-3-5-10(9)15/h2-7H,1H3,(H3,16,17,18). The summed E-state index contributed by atoms with van der Waals surface area (Å²) >= 11 is 7.93. The lowest BCUT2D eigenvalue weighted by Crippen LogP contribution is -1.89. The minimum absolute atomic E-state index is 0.468. The molecule has 0 atom stereocenters. The molecule has 19 heavy (non-hydrogen) atoms. The van der Waals surface area contributed by atoms with E-state index in [1.165, 1.54) is 5.56 Å². The number of nitrogens with zero attached hydrogens (tertiary/aromatic N) is 1. The Morgan fingerprint density at radius 3 is 2.74 bits per heavy atom. The third-order valence-electron chi connectivity index (χ3n) is 3.03. The van der Waals surface area contributed by atoms with Crippen LogP contribution in [0.25, 0.3) is 21.7 Å². The first-order valence-corrected chi connectivity index (χ1v) is 7.07. The Morgan fingerprint density at radius 1 is 1.26 bits per heavy atom. The van der Waals surface area contributed by atoms with E-state index >= 15 is 0 Å². The lowest BCUT2D eigenvalue weighted by molar-refractivity contribution is 1.10. The number of aryl methyl sites for hydroxylation is 1. The number of aromatic amines is 1. The molecule has 0 aliphatic carbocycles. The van der Waals surface area contributed by atoms with Gasteiger partial charge in [-0.25, -0.2) is 0 Å². The highest BCUT2D eigenvalue weighted by atomic mass is 35.5. The van der Waals surface area contributed by atoms with Gasteiger partial charge in [0.1, 0.15) is 0 Å². The Kier molecular flexibility index (Phi) is 3.05. The fraction of sp³-hybridized carbons (Fsp3) is 0.0714. The normalized spacial score (nSPS) is 10.8. The molecule has 0 radical (unpaired) electrons. The van der Waals surface area contributed by atoms with Crippen molar-refractivity contribution >= 4 is 28.8 Å². The summed E-state index contributed by atoms with van der Waals surface area (Å²) in [5.41, 5.74) is 9.90. The fourth-order valence-electron chi connectivity index (χ4n) is 2.09. The van der Waals surface area contributed by atoms with E-state index in [9.17, 15) is 0 Å². The van der Waals surface area contributed by atoms with Crippen molar-refractivity contribution in [2.75, 3.05) is 5.73 Å². The van der Waals surface area contributed by atoms with Crippen molar-refractivity contribution in [3.8, 4) is 21.7 Å². The summed E-state index contributed by atoms with van der Waals surface area (Å²) in [4.78, 5) is 1.14. The van der Waals surface area contributed by atoms with Crippen molar-refractivity contribution in [2.24, 2.45) is 0 Å². The number of rotatable bonds is 2. The summed E-state index contributed by atoms with van der Waals surface area (Å²) in [6.45, 7) is 2.07. The zero-order chi connectivity index (χ0) is 13.4. The second kappa shape index (κ2) is 4.72. The van der Waals surface area contributed by atoms with Crippen LogP contribution in [0.5, 0.6) is 0 Å². The van der Waals surface area contributed by atoms with Gasteiger partial charge in [0.25, 0.3) is 0 Å². The summed E-state index contributed by atoms with van der Waals surface area (Å²) < 4.78 is 0. The number of H-pyrrole nitrogens is 1. The van der Waals surface area contributed by atoms with E-state index in [1.807, 2.05) is 24.3 Å². The van der Waals surface area contributed by atoms with E-state index in [0.29, 0.717) is 10.8 Å². The van der Waals surface area contributed by atoms with Crippen LogP contribution in [-0.4, -0.2) is 10.2 Å². The first-order chi connectivity index (χ1) is 9.18. The van der Waals surface area contributed by atoms with E-state index < -0.39 is 0 Å². The Balaban J connectivity index is 2.26. The highest BCUT2D eigenvalue weighted by Gasteiger charge is 2.18. The maximum Gasteiger partial charge on any atom is 0.153 e. The molecule has 0 bridgehead atoms. The molecular weight excluding hydrogens is 278 g/mol. The fourth-order valence-corrected chi connectivity index (χ4v) is 3.24. The van der Waals surface area contributed by atoms with Gasteiger partial charge in [-0.15, -0.1) is 11.3 Å². The van der Waals surface area contributed by atoms with E-state index in [2.05, 4.69) is 28.6 Å². The van der Waals surface area contributed by atoms with Gasteiger partial charge in [-0.3, -0.25) is 5.10 Å². The minimum atomic E-state index is 0.468. The van der Waals surface area contributed by atoms with Crippen LogP contribution in [0.4, 0.5) is 5.82 Å². The SMILES string of the molecule is Cc1ccsc1-c1[nH]nc(N)c1-c1ccccc1Cl. The molecule has 2 heterocycles. The van der Waals surface area contributed by atoms with Gasteiger partial charge in [-0.05, 0) is 30.0 Å². The van der Waals surface area contributed by atoms with E-state index in [1.54, 1.807) is 11.3 Å². The number of nitrogens with one attached hydrogen (secondary N) is 1. The van der Waals surface area contributed by atoms with Crippen molar-refractivity contribution in [1.82, 2.24) is 10.2 Å². The Bertz CT molecular complexity index is 730. The number of hydrogen-bond acceptors (Lipinski definition) is 3. The molecule has 0 saturated heterocycles. The van der Waals surface area contributed by atoms with E-state index in [0.717, 1.165) is 21.7 Å². The predicted octanol–water partition coefficient (Wildman–Crippen LogP) is 4.35. The third-order valence-corrected chi connectivity index (χ3v) is 4.39. The van der Waals surface area contributed by atoms with Gasteiger partial charge in [0, 0.05) is 10.6 Å². The topological polar surface area (TPSA) is 54.7 Å². The molecule has 1 aromatic carbocycles. The lowest BCUT2D eigenvalue weighted by Gasteiger charge is -2.06. The number of thiophene rings is 1. The summed E-state index contributed by atoms with van der Waals surface area (Å²) in [5.74, 6) is 0.468. The molecular formula is C14H12ClN3S. The highest BCUT2D eigenvalue weighted by molar-refractivity contribution is 7.13. The number of benzene rings is 1. The van der Waals surface area contributed by atoms with Gasteiger partial charge in [0.15, 0.2) is 5.82 Å². The van der Waals surface area contributed by atoms with Gasteiger partial charge in [-0.2, -0.15) is 5.10 Å². The van der Waals surface area contributed by atoms with Crippen LogP contribution in [0.3, 0.4) is 0 Å². The molecule has 2 aromatic heterocycles. The Morgan fingerprint density at radius 2 is 2.05 bits per heavy atom. The van der Waals surface area contributed by atoms with Crippen molar-refractivity contribution in [3.05, 3.63) is 46.3 Å². The van der Waals surface area contributed by atoms with Gasteiger partial charge >= 0.3 is 0 Å². The van der Waals surface area contributed by atoms with Crippen LogP contribution in [0.2, 0.25) is 5.02 Å². The van der Waals surface area contributed by atoms with Crippen molar-refractivity contribution in [1.29, 1.82) is 0 Å². The molecule has 5 heteroatoms. The number of nitrogens with two attached hydrogens (primary N) is 1. The Labute approximate surface area is 120 Å². The summed E-state index contributed by atoms with van der Waals surface area (Å²) in [5, 5.41) is 9.88. The van der Waals surface area contributed by atoms with Crippen LogP contribution < -0.4 is 5.73 Å². The molecule has 0 unspecified atom stereocenters. The molecule has 0 spiro atoms. The van der Waals surface area contributed by atoms with Crippen molar-refractivity contribution in [3.63, 3.8) is 0 Å². The first-order valence-electron chi connectivity index (χ1n) is 5.81. The van der Waals surface area contributed by atoms with E-state index in [-0.39, 0.29) is 0 Å². The van der Waals surface area contributed by atoms with Crippen LogP contribution in [0, 0.1) is 6.92 Å². The van der Waals surface area contributed by atoms with Crippen molar-refractivity contribution < 1.29 is 0 Å². The quantitative estimate of drug-likeness (QED) is 0.737. The molecule has 0 aliphatic heterocycles. The molecule has 3 nitrogen and oxygen atoms in total. The number of anilines is 1. The second-order valence-electron chi connectivity index (χ2n) is 4.27. The maximum absolute atomic E-state index is 6.27. The Hall–Kier alpha value is -1.78. The van der Waals surface area contributed by atoms with E-state index in [4.69, 9.17) is 17.3 Å². The molecule has 96 valence electrons. The van der Waals surface area contributed by atoms with Gasteiger partial charge in [0.2, 0.25) is 0 Å². The first kappa shape index (κ1) is 12.3. The van der Waals surface area contributed by atoms with Crippen LogP contribution in [-0.2, 0) is 0 Å². The zero-order valence-corrected chi connectivity index (χ0v) is 11.8. The number of aromatic nitrogens is 2. The van der Waals surface area contributed by atoms with Gasteiger partial charge in [0.05, 0.1) is 16.1 Å². The number of hydrogen-bond donors (Lipinski definition) is 2. The molecule has 0 fully saturated rings. The summed E-state index contributed by atoms with van der Waals surface area (Å²) in [6.07, 6.45) is 0. The smallest absolute Gasteiger partial charge is 0.153 e. The zero-order valence-electron chi connectivity index (χ0n) is 10.3. The van der Waals surface area contributed by atoms with Crippen molar-refractivity contribution in [2.45, 2.75) is 6.92 Å². The van der Waals surface area contributed by atoms with Crippen LogP contribution in [0.1, 0.15) is 5.56 Å². The van der Waals surface area contributed by atoms with Gasteiger partial charge < -0.3 is 5.73 Å². The van der Waals surface area contributed by atoms with Gasteiger partial charge in [-0.1, -0.05) is 29.8 Å². The number of halogens is 1.